The van der Waals surface area contributed by atoms with Crippen LogP contribution in [0.15, 0.2) is 30.6 Å². The molecule has 0 radical (unpaired) electrons. The number of hydrogen-bond donors (Lipinski definition) is 1. The Balaban J connectivity index is 1.67. The SMILES string of the molecule is Cc1cccc(Nc2ncc(C(=O)N3CCN(C=O)CC3)cn2)c1C. The fourth-order valence-electron chi connectivity index (χ4n) is 2.72. The number of benzene rings is 1. The van der Waals surface area contributed by atoms with Crippen LogP contribution < -0.4 is 5.32 Å². The Labute approximate surface area is 146 Å². The Morgan fingerprint density at radius 1 is 1.12 bits per heavy atom. The molecule has 0 saturated carbocycles. The smallest absolute Gasteiger partial charge is 0.257 e. The standard InChI is InChI=1S/C18H21N5O2/c1-13-4-3-5-16(14(13)2)21-18-19-10-15(11-20-18)17(25)23-8-6-22(12-24)7-9-23/h3-5,10-12H,6-9H2,1-2H3,(H,19,20,21). The molecule has 1 aromatic heterocycles. The van der Waals surface area contributed by atoms with Gasteiger partial charge in [-0.2, -0.15) is 0 Å². The van der Waals surface area contributed by atoms with Crippen molar-refractivity contribution in [2.75, 3.05) is 31.5 Å². The molecule has 0 aliphatic carbocycles. The van der Waals surface area contributed by atoms with Gasteiger partial charge in [0.15, 0.2) is 0 Å². The minimum atomic E-state index is -0.108. The van der Waals surface area contributed by atoms with Gasteiger partial charge in [-0.3, -0.25) is 9.59 Å². The van der Waals surface area contributed by atoms with Crippen LogP contribution in [0.1, 0.15) is 21.5 Å². The van der Waals surface area contributed by atoms with Gasteiger partial charge in [-0.25, -0.2) is 9.97 Å². The Hall–Kier alpha value is -2.96. The summed E-state index contributed by atoms with van der Waals surface area (Å²) in [7, 11) is 0. The molecule has 25 heavy (non-hydrogen) atoms. The van der Waals surface area contributed by atoms with E-state index in [2.05, 4.69) is 15.3 Å². The molecular formula is C18H21N5O2. The first-order valence-electron chi connectivity index (χ1n) is 8.22. The lowest BCUT2D eigenvalue weighted by Gasteiger charge is -2.32. The van der Waals surface area contributed by atoms with E-state index in [1.807, 2.05) is 32.0 Å². The fourth-order valence-corrected chi connectivity index (χ4v) is 2.72. The minimum Gasteiger partial charge on any atom is -0.342 e. The monoisotopic (exact) mass is 339 g/mol. The zero-order valence-electron chi connectivity index (χ0n) is 14.4. The number of aryl methyl sites for hydroxylation is 1. The summed E-state index contributed by atoms with van der Waals surface area (Å²) in [6, 6.07) is 5.99. The molecule has 0 bridgehead atoms. The largest absolute Gasteiger partial charge is 0.342 e. The van der Waals surface area contributed by atoms with Gasteiger partial charge in [-0.15, -0.1) is 0 Å². The highest BCUT2D eigenvalue weighted by Gasteiger charge is 2.21. The van der Waals surface area contributed by atoms with Crippen LogP contribution >= 0.6 is 0 Å². The Kier molecular flexibility index (Phi) is 4.92. The Morgan fingerprint density at radius 2 is 1.80 bits per heavy atom. The molecule has 0 atom stereocenters. The van der Waals surface area contributed by atoms with Crippen molar-refractivity contribution in [1.82, 2.24) is 19.8 Å². The maximum absolute atomic E-state index is 12.5. The van der Waals surface area contributed by atoms with Crippen molar-refractivity contribution in [1.29, 1.82) is 0 Å². The van der Waals surface area contributed by atoms with Crippen molar-refractivity contribution < 1.29 is 9.59 Å². The van der Waals surface area contributed by atoms with Crippen LogP contribution in [0.2, 0.25) is 0 Å². The molecule has 2 amide bonds. The van der Waals surface area contributed by atoms with Crippen molar-refractivity contribution in [3.63, 3.8) is 0 Å². The van der Waals surface area contributed by atoms with Crippen molar-refractivity contribution in [2.24, 2.45) is 0 Å². The molecule has 130 valence electrons. The molecule has 1 aliphatic heterocycles. The second kappa shape index (κ2) is 7.29. The number of piperazine rings is 1. The molecule has 1 N–H and O–H groups in total. The molecule has 1 saturated heterocycles. The summed E-state index contributed by atoms with van der Waals surface area (Å²) < 4.78 is 0. The summed E-state index contributed by atoms with van der Waals surface area (Å²) in [5, 5.41) is 3.18. The summed E-state index contributed by atoms with van der Waals surface area (Å²) in [6.45, 7) is 6.26. The van der Waals surface area contributed by atoms with E-state index in [-0.39, 0.29) is 5.91 Å². The Morgan fingerprint density at radius 3 is 2.44 bits per heavy atom. The zero-order chi connectivity index (χ0) is 17.8. The van der Waals surface area contributed by atoms with Crippen molar-refractivity contribution >= 4 is 24.0 Å². The number of carbonyl (C=O) groups excluding carboxylic acids is 2. The van der Waals surface area contributed by atoms with E-state index in [0.717, 1.165) is 17.7 Å². The number of anilines is 2. The molecule has 3 rings (SSSR count). The third-order valence-corrected chi connectivity index (χ3v) is 4.50. The highest BCUT2D eigenvalue weighted by molar-refractivity contribution is 5.93. The van der Waals surface area contributed by atoms with Crippen LogP contribution in [0.25, 0.3) is 0 Å². The van der Waals surface area contributed by atoms with E-state index in [0.29, 0.717) is 37.7 Å². The number of aromatic nitrogens is 2. The van der Waals surface area contributed by atoms with Crippen LogP contribution in [0.3, 0.4) is 0 Å². The molecule has 2 aromatic rings. The first-order chi connectivity index (χ1) is 12.1. The molecule has 1 fully saturated rings. The van der Waals surface area contributed by atoms with Gasteiger partial charge >= 0.3 is 0 Å². The van der Waals surface area contributed by atoms with E-state index >= 15 is 0 Å². The zero-order valence-corrected chi connectivity index (χ0v) is 14.4. The summed E-state index contributed by atoms with van der Waals surface area (Å²) in [5.41, 5.74) is 3.72. The van der Waals surface area contributed by atoms with E-state index in [1.54, 1.807) is 9.80 Å². The molecular weight excluding hydrogens is 318 g/mol. The van der Waals surface area contributed by atoms with Gasteiger partial charge in [0.2, 0.25) is 12.4 Å². The molecule has 7 nitrogen and oxygen atoms in total. The van der Waals surface area contributed by atoms with Crippen LogP contribution in [-0.4, -0.2) is 58.3 Å². The number of hydrogen-bond acceptors (Lipinski definition) is 5. The third-order valence-electron chi connectivity index (χ3n) is 4.50. The number of nitrogens with one attached hydrogen (secondary N) is 1. The first-order valence-corrected chi connectivity index (χ1v) is 8.22. The quantitative estimate of drug-likeness (QED) is 0.859. The first kappa shape index (κ1) is 16.9. The number of carbonyl (C=O) groups is 2. The molecule has 7 heteroatoms. The second-order valence-electron chi connectivity index (χ2n) is 6.10. The highest BCUT2D eigenvalue weighted by atomic mass is 16.2. The summed E-state index contributed by atoms with van der Waals surface area (Å²) in [5.74, 6) is 0.347. The van der Waals surface area contributed by atoms with E-state index in [9.17, 15) is 9.59 Å². The lowest BCUT2D eigenvalue weighted by atomic mass is 10.1. The Bertz CT molecular complexity index is 768. The number of amides is 2. The average molecular weight is 339 g/mol. The molecule has 2 heterocycles. The van der Waals surface area contributed by atoms with E-state index < -0.39 is 0 Å². The van der Waals surface area contributed by atoms with E-state index in [1.165, 1.54) is 18.0 Å². The van der Waals surface area contributed by atoms with Crippen LogP contribution in [0, 0.1) is 13.8 Å². The molecule has 0 unspecified atom stereocenters. The van der Waals surface area contributed by atoms with Crippen LogP contribution in [0.5, 0.6) is 0 Å². The van der Waals surface area contributed by atoms with Crippen LogP contribution in [-0.2, 0) is 4.79 Å². The lowest BCUT2D eigenvalue weighted by Crippen LogP contribution is -2.48. The summed E-state index contributed by atoms with van der Waals surface area (Å²) in [6.07, 6.45) is 3.89. The molecule has 1 aromatic carbocycles. The minimum absolute atomic E-state index is 0.108. The van der Waals surface area contributed by atoms with E-state index in [4.69, 9.17) is 0 Å². The van der Waals surface area contributed by atoms with Crippen LogP contribution in [0.4, 0.5) is 11.6 Å². The predicted octanol–water partition coefficient (Wildman–Crippen LogP) is 1.75. The number of rotatable bonds is 4. The fraction of sp³-hybridized carbons (Fsp3) is 0.333. The molecule has 1 aliphatic rings. The molecule has 0 spiro atoms. The predicted molar refractivity (Wildman–Crippen MR) is 94.8 cm³/mol. The second-order valence-corrected chi connectivity index (χ2v) is 6.10. The van der Waals surface area contributed by atoms with Crippen molar-refractivity contribution in [3.05, 3.63) is 47.3 Å². The number of nitrogens with zero attached hydrogens (tertiary/aromatic N) is 4. The lowest BCUT2D eigenvalue weighted by molar-refractivity contribution is -0.119. The van der Waals surface area contributed by atoms with Crippen molar-refractivity contribution in [3.8, 4) is 0 Å². The maximum atomic E-state index is 12.5. The van der Waals surface area contributed by atoms with Gasteiger partial charge in [-0.05, 0) is 31.0 Å². The van der Waals surface area contributed by atoms with Gasteiger partial charge in [0.1, 0.15) is 0 Å². The van der Waals surface area contributed by atoms with Crippen molar-refractivity contribution in [2.45, 2.75) is 13.8 Å². The van der Waals surface area contributed by atoms with Gasteiger partial charge in [0.05, 0.1) is 5.56 Å². The summed E-state index contributed by atoms with van der Waals surface area (Å²) >= 11 is 0. The van der Waals surface area contributed by atoms with Gasteiger partial charge in [0.25, 0.3) is 5.91 Å². The van der Waals surface area contributed by atoms with Gasteiger partial charge in [0, 0.05) is 44.3 Å². The third kappa shape index (κ3) is 3.76. The average Bonchev–Trinajstić information content (AvgIpc) is 2.65. The van der Waals surface area contributed by atoms with Gasteiger partial charge in [-0.1, -0.05) is 12.1 Å². The maximum Gasteiger partial charge on any atom is 0.257 e. The highest BCUT2D eigenvalue weighted by Crippen LogP contribution is 2.20. The van der Waals surface area contributed by atoms with Gasteiger partial charge < -0.3 is 15.1 Å². The topological polar surface area (TPSA) is 78.4 Å². The normalized spacial score (nSPS) is 14.3. The summed E-state index contributed by atoms with van der Waals surface area (Å²) in [4.78, 5) is 35.1.